The van der Waals surface area contributed by atoms with Gasteiger partial charge in [-0.05, 0) is 31.0 Å². The van der Waals surface area contributed by atoms with Crippen molar-refractivity contribution >= 4 is 5.97 Å². The number of rotatable bonds is 1. The monoisotopic (exact) mass is 168 g/mol. The molecule has 0 unspecified atom stereocenters. The van der Waals surface area contributed by atoms with Crippen LogP contribution >= 0.6 is 0 Å². The van der Waals surface area contributed by atoms with Gasteiger partial charge in [0.2, 0.25) is 0 Å². The molecule has 64 valence electrons. The molecule has 0 spiro atoms. The third kappa shape index (κ3) is 1.44. The first-order valence-corrected chi connectivity index (χ1v) is 3.52. The zero-order valence-corrected chi connectivity index (χ0v) is 6.89. The molecule has 0 aromatic heterocycles. The van der Waals surface area contributed by atoms with Gasteiger partial charge in [0.25, 0.3) is 0 Å². The maximum absolute atomic E-state index is 13.1. The van der Waals surface area contributed by atoms with Gasteiger partial charge in [0, 0.05) is 0 Å². The summed E-state index contributed by atoms with van der Waals surface area (Å²) in [5, 5.41) is 8.57. The van der Waals surface area contributed by atoms with E-state index < -0.39 is 11.8 Å². The van der Waals surface area contributed by atoms with E-state index in [1.165, 1.54) is 6.07 Å². The molecule has 1 aromatic rings. The molecular formula is C9H9FO2. The molecule has 1 N–H and O–H groups in total. The molecule has 0 saturated heterocycles. The first kappa shape index (κ1) is 8.71. The third-order valence-corrected chi connectivity index (χ3v) is 1.63. The van der Waals surface area contributed by atoms with Crippen LogP contribution in [0, 0.1) is 19.7 Å². The highest BCUT2D eigenvalue weighted by molar-refractivity contribution is 5.88. The molecular weight excluding hydrogens is 159 g/mol. The number of aromatic carboxylic acids is 1. The van der Waals surface area contributed by atoms with Crippen molar-refractivity contribution in [3.63, 3.8) is 0 Å². The van der Waals surface area contributed by atoms with Crippen LogP contribution in [-0.2, 0) is 0 Å². The van der Waals surface area contributed by atoms with E-state index in [0.717, 1.165) is 5.56 Å². The van der Waals surface area contributed by atoms with Crippen LogP contribution in [0.2, 0.25) is 0 Å². The summed E-state index contributed by atoms with van der Waals surface area (Å²) in [6, 6.07) is 2.94. The molecule has 3 heteroatoms. The summed E-state index contributed by atoms with van der Waals surface area (Å²) < 4.78 is 13.1. The average Bonchev–Trinajstić information content (AvgIpc) is 1.96. The van der Waals surface area contributed by atoms with Crippen molar-refractivity contribution in [2.75, 3.05) is 0 Å². The lowest BCUT2D eigenvalue weighted by Crippen LogP contribution is -2.02. The molecule has 0 aliphatic carbocycles. The standard InChI is InChI=1S/C9H9FO2/c1-5-3-6(2)8(10)7(4-5)9(11)12/h3-4H,1-2H3,(H,11,12). The summed E-state index contributed by atoms with van der Waals surface area (Å²) in [5.41, 5.74) is 0.867. The van der Waals surface area contributed by atoms with Crippen LogP contribution in [0.1, 0.15) is 21.5 Å². The predicted molar refractivity (Wildman–Crippen MR) is 42.8 cm³/mol. The van der Waals surface area contributed by atoms with E-state index in [4.69, 9.17) is 5.11 Å². The molecule has 0 aliphatic heterocycles. The summed E-state index contributed by atoms with van der Waals surface area (Å²) in [6.45, 7) is 3.29. The summed E-state index contributed by atoms with van der Waals surface area (Å²) in [4.78, 5) is 10.5. The van der Waals surface area contributed by atoms with Crippen LogP contribution in [0.5, 0.6) is 0 Å². The zero-order valence-electron chi connectivity index (χ0n) is 6.89. The smallest absolute Gasteiger partial charge is 0.338 e. The van der Waals surface area contributed by atoms with Gasteiger partial charge in [-0.3, -0.25) is 0 Å². The lowest BCUT2D eigenvalue weighted by Gasteiger charge is -2.02. The molecule has 0 aliphatic rings. The van der Waals surface area contributed by atoms with Crippen molar-refractivity contribution < 1.29 is 14.3 Å². The maximum Gasteiger partial charge on any atom is 0.338 e. The average molecular weight is 168 g/mol. The number of hydrogen-bond acceptors (Lipinski definition) is 1. The number of aryl methyl sites for hydroxylation is 2. The molecule has 0 heterocycles. The highest BCUT2D eigenvalue weighted by Gasteiger charge is 2.12. The summed E-state index contributed by atoms with van der Waals surface area (Å²) in [5.74, 6) is -1.87. The van der Waals surface area contributed by atoms with Gasteiger partial charge in [-0.1, -0.05) is 6.07 Å². The van der Waals surface area contributed by atoms with E-state index in [2.05, 4.69) is 0 Å². The van der Waals surface area contributed by atoms with Crippen molar-refractivity contribution in [3.8, 4) is 0 Å². The van der Waals surface area contributed by atoms with Crippen molar-refractivity contribution in [2.45, 2.75) is 13.8 Å². The number of halogens is 1. The largest absolute Gasteiger partial charge is 0.478 e. The summed E-state index contributed by atoms with van der Waals surface area (Å²) in [6.07, 6.45) is 0. The molecule has 0 amide bonds. The normalized spacial score (nSPS) is 9.92. The van der Waals surface area contributed by atoms with Crippen LogP contribution in [0.3, 0.4) is 0 Å². The molecule has 12 heavy (non-hydrogen) atoms. The minimum Gasteiger partial charge on any atom is -0.478 e. The lowest BCUT2D eigenvalue weighted by molar-refractivity contribution is 0.0691. The number of benzene rings is 1. The van der Waals surface area contributed by atoms with Crippen LogP contribution in [0.15, 0.2) is 12.1 Å². The Kier molecular flexibility index (Phi) is 2.13. The number of carboxylic acid groups (broad SMARTS) is 1. The predicted octanol–water partition coefficient (Wildman–Crippen LogP) is 2.14. The van der Waals surface area contributed by atoms with Gasteiger partial charge in [-0.15, -0.1) is 0 Å². The van der Waals surface area contributed by atoms with Crippen molar-refractivity contribution in [1.29, 1.82) is 0 Å². The lowest BCUT2D eigenvalue weighted by atomic mass is 10.1. The number of hydrogen-bond donors (Lipinski definition) is 1. The molecule has 0 saturated carbocycles. The number of carboxylic acids is 1. The van der Waals surface area contributed by atoms with E-state index in [1.807, 2.05) is 0 Å². The Balaban J connectivity index is 3.37. The van der Waals surface area contributed by atoms with Gasteiger partial charge in [0.1, 0.15) is 5.82 Å². The van der Waals surface area contributed by atoms with Crippen molar-refractivity contribution in [1.82, 2.24) is 0 Å². The minimum absolute atomic E-state index is 0.257. The third-order valence-electron chi connectivity index (χ3n) is 1.63. The van der Waals surface area contributed by atoms with E-state index in [1.54, 1.807) is 19.9 Å². The SMILES string of the molecule is Cc1cc(C)c(F)c(C(=O)O)c1. The zero-order chi connectivity index (χ0) is 9.30. The molecule has 2 nitrogen and oxygen atoms in total. The van der Waals surface area contributed by atoms with Gasteiger partial charge in [-0.2, -0.15) is 0 Å². The van der Waals surface area contributed by atoms with Gasteiger partial charge < -0.3 is 5.11 Å². The van der Waals surface area contributed by atoms with E-state index in [-0.39, 0.29) is 5.56 Å². The van der Waals surface area contributed by atoms with E-state index in [0.29, 0.717) is 5.56 Å². The van der Waals surface area contributed by atoms with Crippen molar-refractivity contribution in [2.24, 2.45) is 0 Å². The van der Waals surface area contributed by atoms with Crippen LogP contribution in [0.25, 0.3) is 0 Å². The fraction of sp³-hybridized carbons (Fsp3) is 0.222. The second kappa shape index (κ2) is 2.93. The van der Waals surface area contributed by atoms with Crippen LogP contribution < -0.4 is 0 Å². The van der Waals surface area contributed by atoms with E-state index >= 15 is 0 Å². The van der Waals surface area contributed by atoms with Gasteiger partial charge >= 0.3 is 5.97 Å². The van der Waals surface area contributed by atoms with Gasteiger partial charge in [0.15, 0.2) is 0 Å². The number of carbonyl (C=O) groups is 1. The summed E-state index contributed by atoms with van der Waals surface area (Å²) in [7, 11) is 0. The molecule has 0 bridgehead atoms. The van der Waals surface area contributed by atoms with Gasteiger partial charge in [0.05, 0.1) is 5.56 Å². The molecule has 0 radical (unpaired) electrons. The Morgan fingerprint density at radius 2 is 2.00 bits per heavy atom. The Bertz CT molecular complexity index is 332. The molecule has 0 atom stereocenters. The molecule has 0 fully saturated rings. The Morgan fingerprint density at radius 1 is 1.42 bits per heavy atom. The van der Waals surface area contributed by atoms with E-state index in [9.17, 15) is 9.18 Å². The topological polar surface area (TPSA) is 37.3 Å². The van der Waals surface area contributed by atoms with Crippen LogP contribution in [0.4, 0.5) is 4.39 Å². The first-order valence-electron chi connectivity index (χ1n) is 3.52. The fourth-order valence-electron chi connectivity index (χ4n) is 1.11. The first-order chi connectivity index (χ1) is 5.52. The Hall–Kier alpha value is -1.38. The highest BCUT2D eigenvalue weighted by atomic mass is 19.1. The molecule has 1 aromatic carbocycles. The second-order valence-electron chi connectivity index (χ2n) is 2.75. The fourth-order valence-corrected chi connectivity index (χ4v) is 1.11. The van der Waals surface area contributed by atoms with Gasteiger partial charge in [-0.25, -0.2) is 9.18 Å². The maximum atomic E-state index is 13.1. The van der Waals surface area contributed by atoms with Crippen molar-refractivity contribution in [3.05, 3.63) is 34.6 Å². The minimum atomic E-state index is -1.22. The Morgan fingerprint density at radius 3 is 2.50 bits per heavy atom. The summed E-state index contributed by atoms with van der Waals surface area (Å²) >= 11 is 0. The quantitative estimate of drug-likeness (QED) is 0.697. The highest BCUT2D eigenvalue weighted by Crippen LogP contribution is 2.14. The molecule has 1 rings (SSSR count). The van der Waals surface area contributed by atoms with Crippen LogP contribution in [-0.4, -0.2) is 11.1 Å². The Labute approximate surface area is 69.6 Å². The second-order valence-corrected chi connectivity index (χ2v) is 2.75.